The van der Waals surface area contributed by atoms with Crippen molar-refractivity contribution in [1.29, 1.82) is 0 Å². The molecule has 0 amide bonds. The number of carbonyl (C=O) groups is 5. The number of rotatable bonds is 19. The lowest BCUT2D eigenvalue weighted by Gasteiger charge is -2.28. The number of nitrogens with one attached hydrogen (secondary N) is 4. The molecule has 1 atom stereocenters. The lowest BCUT2D eigenvalue weighted by molar-refractivity contribution is -0.193. The van der Waals surface area contributed by atoms with Gasteiger partial charge in [-0.1, -0.05) is 103 Å². The van der Waals surface area contributed by atoms with Crippen LogP contribution in [0.3, 0.4) is 0 Å². The van der Waals surface area contributed by atoms with Gasteiger partial charge in [0.1, 0.15) is 6.04 Å². The van der Waals surface area contributed by atoms with Gasteiger partial charge < -0.3 is 72.1 Å². The van der Waals surface area contributed by atoms with Crippen molar-refractivity contribution in [2.75, 3.05) is 136 Å². The number of thioether (sulfide) groups is 2. The van der Waals surface area contributed by atoms with E-state index in [1.165, 1.54) is 28.1 Å². The van der Waals surface area contributed by atoms with E-state index in [0.29, 0.717) is 103 Å². The van der Waals surface area contributed by atoms with Crippen molar-refractivity contribution in [2.45, 2.75) is 129 Å². The van der Waals surface area contributed by atoms with Crippen LogP contribution in [0.5, 0.6) is 0 Å². The molecule has 40 nitrogen and oxygen atoms in total. The summed E-state index contributed by atoms with van der Waals surface area (Å²) in [6, 6.07) is 12.7. The minimum atomic E-state index is -5.08. The topological polar surface area (TPSA) is 497 Å². The predicted octanol–water partition coefficient (Wildman–Crippen LogP) is 5.73. The first-order valence-electron chi connectivity index (χ1n) is 41.2. The Kier molecular flexibility index (Phi) is 42.1. The van der Waals surface area contributed by atoms with Crippen molar-refractivity contribution in [1.82, 2.24) is 103 Å². The highest BCUT2D eigenvalue weighted by molar-refractivity contribution is 7.99. The Morgan fingerprint density at radius 1 is 0.384 bits per heavy atom. The molecular weight excluding hydrogens is 1930 g/mol. The highest BCUT2D eigenvalue weighted by Gasteiger charge is 2.41. The molecular formula is C82H96F12N26O14S4. The van der Waals surface area contributed by atoms with Crippen molar-refractivity contribution in [3.63, 3.8) is 0 Å². The number of hydrogen-bond acceptors (Lipinski definition) is 31. The number of carboxylic acids is 5. The van der Waals surface area contributed by atoms with Gasteiger partial charge in [0.25, 0.3) is 22.2 Å². The summed E-state index contributed by atoms with van der Waals surface area (Å²) < 4.78 is 141. The quantitative estimate of drug-likeness (QED) is 0.0200. The molecule has 0 unspecified atom stereocenters. The van der Waals surface area contributed by atoms with Gasteiger partial charge in [0, 0.05) is 167 Å². The molecule has 0 aliphatic carbocycles. The normalized spacial score (nSPS) is 13.9. The Morgan fingerprint density at radius 3 is 0.848 bits per heavy atom. The zero-order valence-electron chi connectivity index (χ0n) is 75.5. The smallest absolute Gasteiger partial charge is 0.480 e. The summed E-state index contributed by atoms with van der Waals surface area (Å²) in [5, 5.41) is 53.1. The molecule has 0 spiro atoms. The Hall–Kier alpha value is -13.1. The van der Waals surface area contributed by atoms with Gasteiger partial charge in [-0.25, -0.2) is 39.1 Å². The molecule has 0 bridgehead atoms. The van der Waals surface area contributed by atoms with E-state index < -0.39 is 60.6 Å². The van der Waals surface area contributed by atoms with Gasteiger partial charge in [0.2, 0.25) is 23.8 Å². The van der Waals surface area contributed by atoms with Crippen LogP contribution in [0.25, 0.3) is 44.7 Å². The molecule has 14 rings (SSSR count). The van der Waals surface area contributed by atoms with E-state index in [4.69, 9.17) is 80.3 Å². The number of piperazine rings is 4. The summed E-state index contributed by atoms with van der Waals surface area (Å²) in [6.45, 7) is 26.8. The van der Waals surface area contributed by atoms with Crippen LogP contribution >= 0.6 is 47.0 Å². The molecule has 56 heteroatoms. The summed E-state index contributed by atoms with van der Waals surface area (Å²) in [6.07, 6.45) is -16.9. The number of pyridine rings is 1. The first-order valence-corrected chi connectivity index (χ1v) is 44.8. The molecule has 0 radical (unpaired) electrons. The average molecular weight is 2030 g/mol. The summed E-state index contributed by atoms with van der Waals surface area (Å²) >= 11 is 5.62. The molecule has 10 aromatic rings. The van der Waals surface area contributed by atoms with Crippen LogP contribution in [-0.2, 0) is 78.3 Å². The van der Waals surface area contributed by atoms with Gasteiger partial charge in [0.05, 0.1) is 26.2 Å². The van der Waals surface area contributed by atoms with Crippen molar-refractivity contribution in [3.05, 3.63) is 96.3 Å². The first kappa shape index (κ1) is 112. The van der Waals surface area contributed by atoms with Crippen LogP contribution in [-0.4, -0.2) is 284 Å². The van der Waals surface area contributed by atoms with Crippen LogP contribution in [0.15, 0.2) is 104 Å². The van der Waals surface area contributed by atoms with Gasteiger partial charge in [-0.05, 0) is 57.9 Å². The third-order valence-corrected chi connectivity index (χ3v) is 23.7. The maximum absolute atomic E-state index is 13.2. The molecule has 4 saturated heterocycles. The lowest BCUT2D eigenvalue weighted by atomic mass is 10.3. The molecule has 0 saturated carbocycles. The van der Waals surface area contributed by atoms with Crippen LogP contribution < -0.4 is 68.8 Å². The van der Waals surface area contributed by atoms with Gasteiger partial charge >= 0.3 is 54.6 Å². The first-order chi connectivity index (χ1) is 65.1. The molecule has 11 N–H and O–H groups in total. The number of alkyl halides is 12. The minimum absolute atomic E-state index is 0.0620. The maximum atomic E-state index is 13.2. The summed E-state index contributed by atoms with van der Waals surface area (Å²) in [5.74, 6) is 16.2. The van der Waals surface area contributed by atoms with Crippen LogP contribution in [0, 0.1) is 53.3 Å². The number of benzene rings is 1. The number of hydrogen-bond donors (Lipinski definition) is 10. The van der Waals surface area contributed by atoms with E-state index in [0.717, 1.165) is 150 Å². The van der Waals surface area contributed by atoms with Crippen molar-refractivity contribution in [3.8, 4) is 47.4 Å². The summed E-state index contributed by atoms with van der Waals surface area (Å²) in [4.78, 5) is 151. The Labute approximate surface area is 794 Å². The number of aromatic nitrogens is 17. The Balaban J connectivity index is 0.000000229. The molecule has 1 aromatic carbocycles. The summed E-state index contributed by atoms with van der Waals surface area (Å²) in [5.41, 5.74) is 8.77. The standard InChI is InChI=1S/C20H22N6OS.C19H21N7OS.C18H26N6OS.C17H23N7O3S.4C2HF3O2/c1-3-4-12-26-16-17(22-19(26)25-13-10-21-11-14-25)23-20(24(2)18(16)27)28-15-8-6-5-7-9-15;1-3-4-11-26-15-16(22-18(26)25-12-9-21-10-13-25)23-19(24(2)17(15)27)28-14-5-7-20-8-6-14;1-5-6-9-24-14-15(20-17(24)23-10-7-19-8-11-23)21-18(22(4)16(14)25)26-12-13(2)3;1-3-4-7-24-12-13(20-16(24)23-8-5-19-6-9-23)21-17(22(2)14(12)25)28-10-11(18)15(26)27;4*3-2(4,5)1(6)7/h5-9,21H,10-14H2,1-2H3;5-8,21H,9-13H2,1-2H3;13,19H,7-12H2,1-4H3;11,19H,5-10,18H2,1-2H3,(H,26,27);4*(H,6,7)/t;;;11-;;;;/m...0..../s1. The third-order valence-electron chi connectivity index (χ3n) is 19.0. The summed E-state index contributed by atoms with van der Waals surface area (Å²) in [7, 11) is 6.89. The van der Waals surface area contributed by atoms with Crippen LogP contribution in [0.1, 0.15) is 41.5 Å². The van der Waals surface area contributed by atoms with Gasteiger partial charge in [0.15, 0.2) is 65.3 Å². The number of aliphatic carboxylic acids is 5. The number of fused-ring (bicyclic) bond motifs is 4. The van der Waals surface area contributed by atoms with E-state index in [9.17, 15) is 76.7 Å². The number of imidazole rings is 4. The second-order valence-corrected chi connectivity index (χ2v) is 33.3. The fourth-order valence-corrected chi connectivity index (χ4v) is 15.7. The highest BCUT2D eigenvalue weighted by Crippen LogP contribution is 2.32. The van der Waals surface area contributed by atoms with Gasteiger partial charge in [-0.15, -0.1) is 23.7 Å². The van der Waals surface area contributed by atoms with E-state index in [2.05, 4.69) is 117 Å². The van der Waals surface area contributed by atoms with Gasteiger partial charge in [-0.3, -0.25) is 65.5 Å². The zero-order valence-corrected chi connectivity index (χ0v) is 78.7. The van der Waals surface area contributed by atoms with Crippen LogP contribution in [0.2, 0.25) is 0 Å². The van der Waals surface area contributed by atoms with Crippen molar-refractivity contribution in [2.24, 2.45) is 39.8 Å². The minimum Gasteiger partial charge on any atom is -0.480 e. The molecule has 4 aliphatic heterocycles. The fraction of sp³-hybridized carbons (Fsp3) is 0.463. The maximum Gasteiger partial charge on any atom is 0.490 e. The van der Waals surface area contributed by atoms with E-state index >= 15 is 0 Å². The molecule has 13 heterocycles. The Morgan fingerprint density at radius 2 is 0.616 bits per heavy atom. The number of anilines is 4. The molecule has 4 aliphatic rings. The lowest BCUT2D eigenvalue weighted by Crippen LogP contribution is -2.44. The van der Waals surface area contributed by atoms with E-state index in [1.54, 1.807) is 93.7 Å². The fourth-order valence-electron chi connectivity index (χ4n) is 12.2. The number of halogens is 12. The Bertz CT molecular complexity index is 6160. The molecule has 9 aromatic heterocycles. The number of carboxylic acid groups (broad SMARTS) is 5. The monoisotopic (exact) mass is 2020 g/mol. The second-order valence-electron chi connectivity index (χ2n) is 29.2. The van der Waals surface area contributed by atoms with Gasteiger partial charge in [-0.2, -0.15) is 72.6 Å². The highest BCUT2D eigenvalue weighted by atomic mass is 32.2. The molecule has 746 valence electrons. The molecule has 138 heavy (non-hydrogen) atoms. The van der Waals surface area contributed by atoms with E-state index in [1.807, 2.05) is 60.7 Å². The molecule has 4 fully saturated rings. The van der Waals surface area contributed by atoms with Crippen molar-refractivity contribution < 1.29 is 102 Å². The zero-order chi connectivity index (χ0) is 102. The van der Waals surface area contributed by atoms with Crippen LogP contribution in [0.4, 0.5) is 76.5 Å². The number of nitrogens with zero attached hydrogens (tertiary/aromatic N) is 21. The largest absolute Gasteiger partial charge is 0.490 e. The second kappa shape index (κ2) is 51.9. The van der Waals surface area contributed by atoms with E-state index in [-0.39, 0.29) is 28.0 Å². The predicted molar refractivity (Wildman–Crippen MR) is 491 cm³/mol. The number of nitrogens with two attached hydrogens (primary N) is 1. The van der Waals surface area contributed by atoms with Crippen molar-refractivity contribution >= 4 is 145 Å². The third kappa shape index (κ3) is 31.5. The SMILES string of the molecule is CC#CCn1c(N2CCNCC2)nc2nc(SCC(C)C)n(C)c(=O)c21.CC#CCn1c(N2CCNCC2)nc2nc(SC[C@H](N)C(=O)O)n(C)c(=O)c21.CC#CCn1c(N2CCNCC2)nc2nc(Sc3ccccc3)n(C)c(=O)c21.CC#CCn1c(N2CCNCC2)nc2nc(Sc3ccncc3)n(C)c(=O)c21.O=C(O)C(F)(F)F.O=C(O)C(F)(F)F.O=C(O)C(F)(F)F.O=C(O)C(F)(F)F. The average Bonchev–Trinajstić information content (AvgIpc) is 1.62.